The Bertz CT molecular complexity index is 1130. The number of rotatable bonds is 2. The van der Waals surface area contributed by atoms with E-state index in [1.807, 2.05) is 18.2 Å². The predicted molar refractivity (Wildman–Crippen MR) is 110 cm³/mol. The zero-order valence-corrected chi connectivity index (χ0v) is 16.5. The van der Waals surface area contributed by atoms with Crippen LogP contribution in [-0.4, -0.2) is 27.4 Å². The lowest BCUT2D eigenvalue weighted by Gasteiger charge is -2.37. The number of nitrogens with two attached hydrogens (primary N) is 1. The molecule has 1 aromatic carbocycles. The van der Waals surface area contributed by atoms with Crippen LogP contribution < -0.4 is 10.6 Å². The van der Waals surface area contributed by atoms with Crippen molar-refractivity contribution in [2.75, 3.05) is 17.2 Å². The van der Waals surface area contributed by atoms with Gasteiger partial charge in [-0.3, -0.25) is 9.69 Å². The molecule has 0 radical (unpaired) electrons. The lowest BCUT2D eigenvalue weighted by Crippen LogP contribution is -2.33. The maximum atomic E-state index is 12.7. The molecule has 2 aromatic heterocycles. The molecule has 3 heterocycles. The lowest BCUT2D eigenvalue weighted by molar-refractivity contribution is -0.118. The molecule has 0 atom stereocenters. The molecule has 2 fully saturated rings. The molecule has 1 aliphatic carbocycles. The molecule has 1 saturated heterocycles. The Labute approximate surface area is 171 Å². The molecule has 1 spiro atoms. The normalized spacial score (nSPS) is 18.1. The smallest absolute Gasteiger partial charge is 0.228 e. The van der Waals surface area contributed by atoms with Crippen molar-refractivity contribution < 1.29 is 4.79 Å². The molecule has 5 rings (SSSR count). The number of aromatic nitrogens is 3. The second kappa shape index (κ2) is 6.29. The van der Waals surface area contributed by atoms with Gasteiger partial charge in [0.15, 0.2) is 5.82 Å². The highest BCUT2D eigenvalue weighted by atomic mass is 35.5. The Kier molecular flexibility index (Phi) is 3.96. The number of halogens is 2. The van der Waals surface area contributed by atoms with Gasteiger partial charge in [0, 0.05) is 24.1 Å². The van der Waals surface area contributed by atoms with E-state index >= 15 is 0 Å². The second-order valence-corrected chi connectivity index (χ2v) is 8.38. The summed E-state index contributed by atoms with van der Waals surface area (Å²) in [5.74, 6) is 0.898. The maximum Gasteiger partial charge on any atom is 0.228 e. The van der Waals surface area contributed by atoms with Crippen molar-refractivity contribution in [1.82, 2.24) is 15.0 Å². The number of hydrogen-bond acceptors (Lipinski definition) is 5. The first-order chi connectivity index (χ1) is 13.5. The van der Waals surface area contributed by atoms with E-state index in [4.69, 9.17) is 28.9 Å². The number of anilines is 2. The van der Waals surface area contributed by atoms with E-state index in [0.717, 1.165) is 18.4 Å². The Morgan fingerprint density at radius 1 is 1.11 bits per heavy atom. The SMILES string of the molecule is Nc1ncnc2c(-c3cccc(Cl)c3Cl)cc(N3CC4(CCC4)CC3=O)nc12. The van der Waals surface area contributed by atoms with Gasteiger partial charge in [0.25, 0.3) is 0 Å². The van der Waals surface area contributed by atoms with Gasteiger partial charge in [-0.2, -0.15) is 0 Å². The third-order valence-corrected chi connectivity index (χ3v) is 6.68. The molecule has 142 valence electrons. The van der Waals surface area contributed by atoms with Crippen molar-refractivity contribution in [2.24, 2.45) is 5.41 Å². The van der Waals surface area contributed by atoms with Crippen LogP contribution in [-0.2, 0) is 4.79 Å². The molecule has 0 unspecified atom stereocenters. The number of carbonyl (C=O) groups is 1. The lowest BCUT2D eigenvalue weighted by atomic mass is 9.68. The number of hydrogen-bond donors (Lipinski definition) is 1. The number of fused-ring (bicyclic) bond motifs is 1. The quantitative estimate of drug-likeness (QED) is 0.668. The Morgan fingerprint density at radius 2 is 1.93 bits per heavy atom. The molecule has 3 aromatic rings. The number of pyridine rings is 1. The van der Waals surface area contributed by atoms with Crippen molar-refractivity contribution in [3.05, 3.63) is 40.6 Å². The average molecular weight is 414 g/mol. The van der Waals surface area contributed by atoms with Crippen LogP contribution in [0.1, 0.15) is 25.7 Å². The van der Waals surface area contributed by atoms with Gasteiger partial charge in [0.2, 0.25) is 5.91 Å². The number of nitrogens with zero attached hydrogens (tertiary/aromatic N) is 4. The maximum absolute atomic E-state index is 12.7. The van der Waals surface area contributed by atoms with Crippen LogP contribution in [0.3, 0.4) is 0 Å². The minimum atomic E-state index is 0.0881. The first-order valence-electron chi connectivity index (χ1n) is 9.13. The monoisotopic (exact) mass is 413 g/mol. The molecule has 8 heteroatoms. The van der Waals surface area contributed by atoms with Gasteiger partial charge in [-0.15, -0.1) is 0 Å². The molecular formula is C20H17Cl2N5O. The average Bonchev–Trinajstić information content (AvgIpc) is 3.02. The molecule has 6 nitrogen and oxygen atoms in total. The van der Waals surface area contributed by atoms with Gasteiger partial charge in [0.1, 0.15) is 23.2 Å². The van der Waals surface area contributed by atoms with Gasteiger partial charge < -0.3 is 5.73 Å². The first kappa shape index (κ1) is 17.6. The van der Waals surface area contributed by atoms with Crippen molar-refractivity contribution in [3.8, 4) is 11.1 Å². The van der Waals surface area contributed by atoms with Crippen LogP contribution >= 0.6 is 23.2 Å². The first-order valence-corrected chi connectivity index (χ1v) is 9.89. The van der Waals surface area contributed by atoms with Crippen LogP contribution in [0.25, 0.3) is 22.2 Å². The summed E-state index contributed by atoms with van der Waals surface area (Å²) < 4.78 is 0. The van der Waals surface area contributed by atoms with Gasteiger partial charge in [0.05, 0.1) is 10.0 Å². The highest BCUT2D eigenvalue weighted by molar-refractivity contribution is 6.44. The third-order valence-electron chi connectivity index (χ3n) is 5.86. The Balaban J connectivity index is 1.73. The van der Waals surface area contributed by atoms with E-state index in [9.17, 15) is 4.79 Å². The summed E-state index contributed by atoms with van der Waals surface area (Å²) in [7, 11) is 0. The minimum Gasteiger partial charge on any atom is -0.382 e. The number of amides is 1. The molecule has 2 N–H and O–H groups in total. The van der Waals surface area contributed by atoms with E-state index in [1.165, 1.54) is 12.7 Å². The highest BCUT2D eigenvalue weighted by Crippen LogP contribution is 2.49. The number of carbonyl (C=O) groups excluding carboxylic acids is 1. The zero-order chi connectivity index (χ0) is 19.5. The van der Waals surface area contributed by atoms with E-state index in [1.54, 1.807) is 11.0 Å². The fraction of sp³-hybridized carbons (Fsp3) is 0.300. The van der Waals surface area contributed by atoms with Gasteiger partial charge >= 0.3 is 0 Å². The molecule has 2 aliphatic rings. The summed E-state index contributed by atoms with van der Waals surface area (Å²) in [6.45, 7) is 0.681. The second-order valence-electron chi connectivity index (χ2n) is 7.60. The summed E-state index contributed by atoms with van der Waals surface area (Å²) in [4.78, 5) is 27.6. The van der Waals surface area contributed by atoms with Crippen LogP contribution in [0, 0.1) is 5.41 Å². The van der Waals surface area contributed by atoms with Crippen molar-refractivity contribution >= 4 is 51.8 Å². The summed E-state index contributed by atoms with van der Waals surface area (Å²) in [6.07, 6.45) is 5.31. The zero-order valence-electron chi connectivity index (χ0n) is 15.0. The highest BCUT2D eigenvalue weighted by Gasteiger charge is 2.47. The number of benzene rings is 1. The minimum absolute atomic E-state index is 0.0881. The Hall–Kier alpha value is -2.44. The van der Waals surface area contributed by atoms with E-state index in [0.29, 0.717) is 45.4 Å². The largest absolute Gasteiger partial charge is 0.382 e. The van der Waals surface area contributed by atoms with Crippen LogP contribution in [0.5, 0.6) is 0 Å². The summed E-state index contributed by atoms with van der Waals surface area (Å²) in [5.41, 5.74) is 8.65. The van der Waals surface area contributed by atoms with E-state index in [2.05, 4.69) is 15.0 Å². The molecule has 0 bridgehead atoms. The predicted octanol–water partition coefficient (Wildman–Crippen LogP) is 4.49. The van der Waals surface area contributed by atoms with Crippen LogP contribution in [0.15, 0.2) is 30.6 Å². The van der Waals surface area contributed by atoms with Crippen molar-refractivity contribution in [1.29, 1.82) is 0 Å². The van der Waals surface area contributed by atoms with Crippen LogP contribution in [0.4, 0.5) is 11.6 Å². The fourth-order valence-corrected chi connectivity index (χ4v) is 4.62. The molecule has 1 saturated carbocycles. The van der Waals surface area contributed by atoms with E-state index in [-0.39, 0.29) is 17.1 Å². The number of nitrogen functional groups attached to an aromatic ring is 1. The molecule has 1 amide bonds. The topological polar surface area (TPSA) is 85.0 Å². The van der Waals surface area contributed by atoms with Gasteiger partial charge in [-0.1, -0.05) is 41.8 Å². The standard InChI is InChI=1S/C20H17Cl2N5O/c21-13-4-1-3-11(16(13)22)12-7-14(26-18-17(12)24-10-25-19(18)23)27-9-20(5-2-6-20)8-15(27)28/h1,3-4,7,10H,2,5-6,8-9H2,(H2,23,24,25). The molecule has 1 aliphatic heterocycles. The third kappa shape index (κ3) is 2.63. The Morgan fingerprint density at radius 3 is 2.64 bits per heavy atom. The fourth-order valence-electron chi connectivity index (χ4n) is 4.22. The molecular weight excluding hydrogens is 397 g/mol. The van der Waals surface area contributed by atoms with Gasteiger partial charge in [-0.05, 0) is 30.4 Å². The molecule has 28 heavy (non-hydrogen) atoms. The van der Waals surface area contributed by atoms with E-state index < -0.39 is 0 Å². The van der Waals surface area contributed by atoms with Crippen LogP contribution in [0.2, 0.25) is 10.0 Å². The van der Waals surface area contributed by atoms with Crippen molar-refractivity contribution in [3.63, 3.8) is 0 Å². The van der Waals surface area contributed by atoms with Crippen molar-refractivity contribution in [2.45, 2.75) is 25.7 Å². The summed E-state index contributed by atoms with van der Waals surface area (Å²) in [5, 5.41) is 0.862. The van der Waals surface area contributed by atoms with Gasteiger partial charge in [-0.25, -0.2) is 15.0 Å². The summed E-state index contributed by atoms with van der Waals surface area (Å²) >= 11 is 12.7. The summed E-state index contributed by atoms with van der Waals surface area (Å²) in [6, 6.07) is 7.27.